The number of carbonyl (C=O) groups excluding carboxylic acids is 1. The van der Waals surface area contributed by atoms with E-state index in [1.165, 1.54) is 16.3 Å². The predicted octanol–water partition coefficient (Wildman–Crippen LogP) is 3.55. The number of rotatable bonds is 3. The summed E-state index contributed by atoms with van der Waals surface area (Å²) in [6.07, 6.45) is 4.22. The lowest BCUT2D eigenvalue weighted by Crippen LogP contribution is -2.35. The largest absolute Gasteiger partial charge is 0.349 e. The minimum Gasteiger partial charge on any atom is -0.349 e. The van der Waals surface area contributed by atoms with Gasteiger partial charge in [-0.2, -0.15) is 0 Å². The summed E-state index contributed by atoms with van der Waals surface area (Å²) in [4.78, 5) is 20.2. The van der Waals surface area contributed by atoms with Gasteiger partial charge < -0.3 is 10.3 Å². The van der Waals surface area contributed by atoms with Crippen LogP contribution in [0.3, 0.4) is 0 Å². The Morgan fingerprint density at radius 1 is 1.25 bits per heavy atom. The van der Waals surface area contributed by atoms with Gasteiger partial charge in [-0.25, -0.2) is 4.98 Å². The van der Waals surface area contributed by atoms with Crippen LogP contribution in [0, 0.1) is 5.92 Å². The van der Waals surface area contributed by atoms with Gasteiger partial charge in [0.1, 0.15) is 0 Å². The number of imidazole rings is 1. The molecule has 4 rings (SSSR count). The highest BCUT2D eigenvalue weighted by atomic mass is 16.1. The van der Waals surface area contributed by atoms with Gasteiger partial charge >= 0.3 is 0 Å². The van der Waals surface area contributed by atoms with Crippen LogP contribution in [-0.2, 0) is 17.6 Å². The molecule has 2 unspecified atom stereocenters. The number of hydrogen-bond donors (Lipinski definition) is 2. The molecule has 4 heteroatoms. The molecule has 1 aromatic heterocycles. The van der Waals surface area contributed by atoms with Gasteiger partial charge in [-0.1, -0.05) is 42.5 Å². The Hall–Kier alpha value is -2.62. The molecule has 1 aliphatic rings. The van der Waals surface area contributed by atoms with E-state index < -0.39 is 0 Å². The summed E-state index contributed by atoms with van der Waals surface area (Å²) in [5.74, 6) is 0.158. The molecule has 0 radical (unpaired) electrons. The van der Waals surface area contributed by atoms with Gasteiger partial charge in [-0.05, 0) is 36.1 Å². The topological polar surface area (TPSA) is 57.8 Å². The van der Waals surface area contributed by atoms with Crippen molar-refractivity contribution in [2.45, 2.75) is 32.2 Å². The van der Waals surface area contributed by atoms with E-state index in [9.17, 15) is 4.79 Å². The van der Waals surface area contributed by atoms with Crippen molar-refractivity contribution in [2.75, 3.05) is 0 Å². The lowest BCUT2D eigenvalue weighted by molar-refractivity contribution is -0.126. The molecular weight excluding hydrogens is 298 g/mol. The molecule has 4 nitrogen and oxygen atoms in total. The van der Waals surface area contributed by atoms with Crippen LogP contribution in [0.2, 0.25) is 0 Å². The molecule has 1 aliphatic carbocycles. The van der Waals surface area contributed by atoms with E-state index in [1.54, 1.807) is 6.33 Å². The zero-order chi connectivity index (χ0) is 16.5. The number of hydrogen-bond acceptors (Lipinski definition) is 2. The summed E-state index contributed by atoms with van der Waals surface area (Å²) in [5, 5.41) is 5.61. The number of carbonyl (C=O) groups is 1. The van der Waals surface area contributed by atoms with E-state index in [4.69, 9.17) is 0 Å². The molecule has 0 saturated heterocycles. The van der Waals surface area contributed by atoms with Crippen LogP contribution < -0.4 is 5.32 Å². The zero-order valence-corrected chi connectivity index (χ0v) is 13.8. The van der Waals surface area contributed by atoms with Crippen LogP contribution in [-0.4, -0.2) is 15.9 Å². The van der Waals surface area contributed by atoms with Crippen molar-refractivity contribution in [1.82, 2.24) is 15.3 Å². The molecule has 1 amide bonds. The number of amides is 1. The molecule has 122 valence electrons. The fourth-order valence-corrected chi connectivity index (χ4v) is 3.66. The number of nitrogens with zero attached hydrogens (tertiary/aromatic N) is 1. The standard InChI is InChI=1S/C20H21N3O/c1-13(16-8-4-6-14-5-2-3-7-17(14)16)23-20(24)15-9-10-18-19(11-15)22-12-21-18/h2-8,12-13,15H,9-11H2,1H3,(H,21,22)(H,23,24). The summed E-state index contributed by atoms with van der Waals surface area (Å²) in [7, 11) is 0. The van der Waals surface area contributed by atoms with Gasteiger partial charge in [0.2, 0.25) is 5.91 Å². The molecule has 2 aromatic carbocycles. The quantitative estimate of drug-likeness (QED) is 0.776. The second kappa shape index (κ2) is 6.11. The fourth-order valence-electron chi connectivity index (χ4n) is 3.66. The molecule has 2 atom stereocenters. The first kappa shape index (κ1) is 14.9. The number of aryl methyl sites for hydroxylation is 1. The number of H-pyrrole nitrogens is 1. The zero-order valence-electron chi connectivity index (χ0n) is 13.8. The van der Waals surface area contributed by atoms with E-state index in [-0.39, 0.29) is 17.9 Å². The average Bonchev–Trinajstić information content (AvgIpc) is 3.08. The molecule has 0 fully saturated rings. The van der Waals surface area contributed by atoms with E-state index in [0.717, 1.165) is 30.7 Å². The third kappa shape index (κ3) is 2.68. The van der Waals surface area contributed by atoms with Crippen molar-refractivity contribution >= 4 is 16.7 Å². The fraction of sp³-hybridized carbons (Fsp3) is 0.300. The van der Waals surface area contributed by atoms with Crippen molar-refractivity contribution in [3.8, 4) is 0 Å². The Morgan fingerprint density at radius 2 is 2.08 bits per heavy atom. The normalized spacial score (nSPS) is 18.1. The van der Waals surface area contributed by atoms with E-state index >= 15 is 0 Å². The van der Waals surface area contributed by atoms with E-state index in [0.29, 0.717) is 0 Å². The van der Waals surface area contributed by atoms with Gasteiger partial charge in [0.05, 0.1) is 18.1 Å². The maximum absolute atomic E-state index is 12.7. The molecule has 0 spiro atoms. The SMILES string of the molecule is CC(NC(=O)C1CCc2nc[nH]c2C1)c1cccc2ccccc12. The smallest absolute Gasteiger partial charge is 0.223 e. The Labute approximate surface area is 141 Å². The summed E-state index contributed by atoms with van der Waals surface area (Å²) in [5.41, 5.74) is 3.39. The molecule has 0 aliphatic heterocycles. The van der Waals surface area contributed by atoms with Crippen LogP contribution in [0.5, 0.6) is 0 Å². The van der Waals surface area contributed by atoms with Gasteiger partial charge in [0, 0.05) is 18.0 Å². The van der Waals surface area contributed by atoms with Gasteiger partial charge in [-0.3, -0.25) is 4.79 Å². The molecule has 1 heterocycles. The van der Waals surface area contributed by atoms with Crippen LogP contribution in [0.4, 0.5) is 0 Å². The first-order chi connectivity index (χ1) is 11.7. The minimum atomic E-state index is -0.00763. The second-order valence-corrected chi connectivity index (χ2v) is 6.57. The minimum absolute atomic E-state index is 0.00763. The molecule has 2 N–H and O–H groups in total. The van der Waals surface area contributed by atoms with Gasteiger partial charge in [0.25, 0.3) is 0 Å². The van der Waals surface area contributed by atoms with Crippen LogP contribution in [0.25, 0.3) is 10.8 Å². The third-order valence-electron chi connectivity index (χ3n) is 5.01. The van der Waals surface area contributed by atoms with Crippen LogP contribution in [0.1, 0.15) is 36.3 Å². The Balaban J connectivity index is 1.51. The van der Waals surface area contributed by atoms with Crippen molar-refractivity contribution in [2.24, 2.45) is 5.92 Å². The Kier molecular flexibility index (Phi) is 3.81. The highest BCUT2D eigenvalue weighted by Gasteiger charge is 2.27. The number of aromatic nitrogens is 2. The maximum Gasteiger partial charge on any atom is 0.223 e. The highest BCUT2D eigenvalue weighted by molar-refractivity contribution is 5.87. The molecule has 0 bridgehead atoms. The summed E-state index contributed by atoms with van der Waals surface area (Å²) in [6.45, 7) is 2.06. The van der Waals surface area contributed by atoms with Crippen LogP contribution in [0.15, 0.2) is 48.8 Å². The second-order valence-electron chi connectivity index (χ2n) is 6.57. The van der Waals surface area contributed by atoms with E-state index in [2.05, 4.69) is 52.5 Å². The Morgan fingerprint density at radius 3 is 3.00 bits per heavy atom. The lowest BCUT2D eigenvalue weighted by Gasteiger charge is -2.24. The van der Waals surface area contributed by atoms with E-state index in [1.807, 2.05) is 12.1 Å². The molecule has 0 saturated carbocycles. The highest BCUT2D eigenvalue weighted by Crippen LogP contribution is 2.26. The number of fused-ring (bicyclic) bond motifs is 2. The predicted molar refractivity (Wildman–Crippen MR) is 94.6 cm³/mol. The molecule has 24 heavy (non-hydrogen) atoms. The monoisotopic (exact) mass is 319 g/mol. The molecule has 3 aromatic rings. The summed E-state index contributed by atoms with van der Waals surface area (Å²) in [6, 6.07) is 14.6. The maximum atomic E-state index is 12.7. The lowest BCUT2D eigenvalue weighted by atomic mass is 9.88. The number of nitrogens with one attached hydrogen (secondary N) is 2. The van der Waals surface area contributed by atoms with Crippen molar-refractivity contribution in [1.29, 1.82) is 0 Å². The van der Waals surface area contributed by atoms with Crippen molar-refractivity contribution in [3.63, 3.8) is 0 Å². The van der Waals surface area contributed by atoms with Gasteiger partial charge in [-0.15, -0.1) is 0 Å². The first-order valence-corrected chi connectivity index (χ1v) is 8.51. The first-order valence-electron chi connectivity index (χ1n) is 8.51. The van der Waals surface area contributed by atoms with Crippen molar-refractivity contribution < 1.29 is 4.79 Å². The Bertz CT molecular complexity index is 878. The van der Waals surface area contributed by atoms with Gasteiger partial charge in [0.15, 0.2) is 0 Å². The summed E-state index contributed by atoms with van der Waals surface area (Å²) >= 11 is 0. The summed E-state index contributed by atoms with van der Waals surface area (Å²) < 4.78 is 0. The van der Waals surface area contributed by atoms with Crippen molar-refractivity contribution in [3.05, 3.63) is 65.7 Å². The molecular formula is C20H21N3O. The van der Waals surface area contributed by atoms with Crippen LogP contribution >= 0.6 is 0 Å². The average molecular weight is 319 g/mol. The number of benzene rings is 2. The number of aromatic amines is 1. The third-order valence-corrected chi connectivity index (χ3v) is 5.01.